The number of benzene rings is 2. The van der Waals surface area contributed by atoms with Crippen LogP contribution in [0.25, 0.3) is 10.1 Å². The van der Waals surface area contributed by atoms with Crippen molar-refractivity contribution in [2.24, 2.45) is 0 Å². The second-order valence-electron chi connectivity index (χ2n) is 5.10. The number of hydrogen-bond donors (Lipinski definition) is 1. The lowest BCUT2D eigenvalue weighted by Gasteiger charge is -2.13. The van der Waals surface area contributed by atoms with Crippen molar-refractivity contribution in [3.8, 4) is 0 Å². The van der Waals surface area contributed by atoms with Crippen molar-refractivity contribution >= 4 is 21.4 Å². The Morgan fingerprint density at radius 3 is 2.71 bits per heavy atom. The lowest BCUT2D eigenvalue weighted by atomic mass is 9.99. The van der Waals surface area contributed by atoms with Crippen LogP contribution in [0.4, 0.5) is 8.78 Å². The van der Waals surface area contributed by atoms with E-state index < -0.39 is 17.7 Å². The summed E-state index contributed by atoms with van der Waals surface area (Å²) in [6.45, 7) is 1.56. The van der Waals surface area contributed by atoms with Gasteiger partial charge in [-0.15, -0.1) is 11.3 Å². The van der Waals surface area contributed by atoms with Crippen LogP contribution in [-0.2, 0) is 6.42 Å². The van der Waals surface area contributed by atoms with Crippen molar-refractivity contribution in [3.63, 3.8) is 0 Å². The molecule has 0 amide bonds. The molecule has 4 heteroatoms. The molecule has 0 fully saturated rings. The second-order valence-corrected chi connectivity index (χ2v) is 6.01. The highest BCUT2D eigenvalue weighted by Gasteiger charge is 2.17. The van der Waals surface area contributed by atoms with E-state index in [9.17, 15) is 13.9 Å². The van der Waals surface area contributed by atoms with Gasteiger partial charge in [0.1, 0.15) is 11.6 Å². The first-order valence-corrected chi connectivity index (χ1v) is 7.53. The Bertz CT molecular complexity index is 795. The van der Waals surface area contributed by atoms with Crippen molar-refractivity contribution in [1.82, 2.24) is 0 Å². The number of thiophene rings is 1. The van der Waals surface area contributed by atoms with Crippen molar-refractivity contribution in [2.75, 3.05) is 0 Å². The largest absolute Gasteiger partial charge is 0.388 e. The van der Waals surface area contributed by atoms with E-state index in [1.807, 2.05) is 29.6 Å². The molecule has 2 aromatic carbocycles. The number of aryl methyl sites for hydroxylation is 1. The number of aliphatic hydroxyl groups is 1. The first kappa shape index (κ1) is 14.2. The topological polar surface area (TPSA) is 20.2 Å². The molecule has 3 rings (SSSR count). The molecule has 0 radical (unpaired) electrons. The highest BCUT2D eigenvalue weighted by molar-refractivity contribution is 7.17. The minimum absolute atomic E-state index is 0.143. The standard InChI is InChI=1S/C17H14F2OS/c1-10-6-13(15(19)8-14(10)18)16(20)7-11-9-21-17-5-3-2-4-12(11)17/h2-6,8-9,16,20H,7H2,1H3. The molecule has 21 heavy (non-hydrogen) atoms. The Kier molecular flexibility index (Phi) is 3.74. The maximum absolute atomic E-state index is 13.8. The Morgan fingerprint density at radius 2 is 1.90 bits per heavy atom. The van der Waals surface area contributed by atoms with Crippen LogP contribution in [0.1, 0.15) is 22.8 Å². The summed E-state index contributed by atoms with van der Waals surface area (Å²) in [5, 5.41) is 13.3. The number of rotatable bonds is 3. The van der Waals surface area contributed by atoms with E-state index in [1.54, 1.807) is 18.3 Å². The molecule has 108 valence electrons. The summed E-state index contributed by atoms with van der Waals surface area (Å²) in [6, 6.07) is 10.1. The summed E-state index contributed by atoms with van der Waals surface area (Å²) in [7, 11) is 0. The summed E-state index contributed by atoms with van der Waals surface area (Å²) < 4.78 is 28.2. The molecule has 0 saturated heterocycles. The van der Waals surface area contributed by atoms with Crippen LogP contribution in [0, 0.1) is 18.6 Å². The SMILES string of the molecule is Cc1cc(C(O)Cc2csc3ccccc23)c(F)cc1F. The van der Waals surface area contributed by atoms with Gasteiger partial charge in [-0.1, -0.05) is 18.2 Å². The van der Waals surface area contributed by atoms with Crippen LogP contribution in [0.5, 0.6) is 0 Å². The molecule has 1 unspecified atom stereocenters. The van der Waals surface area contributed by atoms with Gasteiger partial charge < -0.3 is 5.11 Å². The Morgan fingerprint density at radius 1 is 1.14 bits per heavy atom. The van der Waals surface area contributed by atoms with E-state index in [2.05, 4.69) is 0 Å². The summed E-state index contributed by atoms with van der Waals surface area (Å²) in [6.07, 6.45) is -0.672. The minimum Gasteiger partial charge on any atom is -0.388 e. The van der Waals surface area contributed by atoms with Gasteiger partial charge in [-0.25, -0.2) is 8.78 Å². The zero-order valence-corrected chi connectivity index (χ0v) is 12.3. The fraction of sp³-hybridized carbons (Fsp3) is 0.176. The number of halogens is 2. The van der Waals surface area contributed by atoms with Crippen LogP contribution in [-0.4, -0.2) is 5.11 Å². The van der Waals surface area contributed by atoms with Crippen molar-refractivity contribution < 1.29 is 13.9 Å². The molecule has 1 atom stereocenters. The molecular formula is C17H14F2OS. The number of hydrogen-bond acceptors (Lipinski definition) is 2. The average molecular weight is 304 g/mol. The summed E-state index contributed by atoms with van der Waals surface area (Å²) in [5.74, 6) is -1.30. The van der Waals surface area contributed by atoms with E-state index in [-0.39, 0.29) is 5.56 Å². The van der Waals surface area contributed by atoms with Gasteiger partial charge in [-0.05, 0) is 40.9 Å². The van der Waals surface area contributed by atoms with Gasteiger partial charge in [0.25, 0.3) is 0 Å². The van der Waals surface area contributed by atoms with E-state index in [0.29, 0.717) is 12.0 Å². The maximum atomic E-state index is 13.8. The van der Waals surface area contributed by atoms with Crippen LogP contribution >= 0.6 is 11.3 Å². The third kappa shape index (κ3) is 2.69. The third-order valence-corrected chi connectivity index (χ3v) is 4.62. The van der Waals surface area contributed by atoms with Crippen molar-refractivity contribution in [1.29, 1.82) is 0 Å². The van der Waals surface area contributed by atoms with Gasteiger partial charge in [0.2, 0.25) is 0 Å². The number of fused-ring (bicyclic) bond motifs is 1. The lowest BCUT2D eigenvalue weighted by molar-refractivity contribution is 0.174. The van der Waals surface area contributed by atoms with Gasteiger partial charge in [0, 0.05) is 22.8 Å². The lowest BCUT2D eigenvalue weighted by Crippen LogP contribution is -2.05. The molecule has 1 nitrogen and oxygen atoms in total. The van der Waals surface area contributed by atoms with E-state index in [4.69, 9.17) is 0 Å². The maximum Gasteiger partial charge on any atom is 0.131 e. The van der Waals surface area contributed by atoms with Crippen LogP contribution in [0.15, 0.2) is 41.8 Å². The quantitative estimate of drug-likeness (QED) is 0.739. The molecular weight excluding hydrogens is 290 g/mol. The predicted octanol–water partition coefficient (Wildman–Crippen LogP) is 4.76. The minimum atomic E-state index is -0.984. The first-order chi connectivity index (χ1) is 10.1. The Hall–Kier alpha value is -1.78. The predicted molar refractivity (Wildman–Crippen MR) is 81.6 cm³/mol. The van der Waals surface area contributed by atoms with E-state index in [0.717, 1.165) is 21.7 Å². The molecule has 0 spiro atoms. The van der Waals surface area contributed by atoms with Crippen molar-refractivity contribution in [3.05, 3.63) is 70.1 Å². The zero-order valence-electron chi connectivity index (χ0n) is 11.4. The second kappa shape index (κ2) is 5.54. The molecule has 3 aromatic rings. The van der Waals surface area contributed by atoms with Gasteiger partial charge in [0.15, 0.2) is 0 Å². The van der Waals surface area contributed by atoms with Crippen LogP contribution < -0.4 is 0 Å². The smallest absolute Gasteiger partial charge is 0.131 e. The molecule has 0 saturated carbocycles. The highest BCUT2D eigenvalue weighted by Crippen LogP contribution is 2.30. The number of aliphatic hydroxyl groups excluding tert-OH is 1. The summed E-state index contributed by atoms with van der Waals surface area (Å²) in [4.78, 5) is 0. The molecule has 1 N–H and O–H groups in total. The first-order valence-electron chi connectivity index (χ1n) is 6.65. The molecule has 1 heterocycles. The third-order valence-electron chi connectivity index (χ3n) is 3.61. The monoisotopic (exact) mass is 304 g/mol. The molecule has 0 aliphatic rings. The summed E-state index contributed by atoms with van der Waals surface area (Å²) in [5.41, 5.74) is 1.45. The molecule has 0 aliphatic carbocycles. The van der Waals surface area contributed by atoms with E-state index >= 15 is 0 Å². The molecule has 0 aliphatic heterocycles. The Labute approximate surface area is 125 Å². The molecule has 1 aromatic heterocycles. The van der Waals surface area contributed by atoms with Gasteiger partial charge in [-0.2, -0.15) is 0 Å². The average Bonchev–Trinajstić information content (AvgIpc) is 2.86. The molecule has 0 bridgehead atoms. The fourth-order valence-corrected chi connectivity index (χ4v) is 3.42. The van der Waals surface area contributed by atoms with Gasteiger partial charge in [-0.3, -0.25) is 0 Å². The normalized spacial score (nSPS) is 12.8. The van der Waals surface area contributed by atoms with Gasteiger partial charge >= 0.3 is 0 Å². The van der Waals surface area contributed by atoms with Crippen LogP contribution in [0.3, 0.4) is 0 Å². The Balaban J connectivity index is 1.93. The van der Waals surface area contributed by atoms with E-state index in [1.165, 1.54) is 6.07 Å². The fourth-order valence-electron chi connectivity index (χ4n) is 2.44. The highest BCUT2D eigenvalue weighted by atomic mass is 32.1. The van der Waals surface area contributed by atoms with Crippen LogP contribution in [0.2, 0.25) is 0 Å². The zero-order chi connectivity index (χ0) is 15.0. The van der Waals surface area contributed by atoms with Gasteiger partial charge in [0.05, 0.1) is 6.10 Å². The van der Waals surface area contributed by atoms with Crippen molar-refractivity contribution in [2.45, 2.75) is 19.4 Å². The summed E-state index contributed by atoms with van der Waals surface area (Å²) >= 11 is 1.60.